The van der Waals surface area contributed by atoms with Crippen LogP contribution in [0.15, 0.2) is 41.6 Å². The number of benzene rings is 1. The van der Waals surface area contributed by atoms with E-state index in [1.807, 2.05) is 22.6 Å². The summed E-state index contributed by atoms with van der Waals surface area (Å²) in [7, 11) is 0. The van der Waals surface area contributed by atoms with Crippen molar-refractivity contribution in [3.05, 3.63) is 61.3 Å². The van der Waals surface area contributed by atoms with Gasteiger partial charge in [-0.05, 0) is 46.9 Å². The van der Waals surface area contributed by atoms with Crippen LogP contribution >= 0.6 is 34.2 Å². The maximum Gasteiger partial charge on any atom is 0.267 e. The molecule has 0 fully saturated rings. The van der Waals surface area contributed by atoms with Crippen LogP contribution in [-0.2, 0) is 6.54 Å². The molecule has 92 valence electrons. The summed E-state index contributed by atoms with van der Waals surface area (Å²) in [5.41, 5.74) is 0.304. The predicted octanol–water partition coefficient (Wildman–Crippen LogP) is 2.38. The van der Waals surface area contributed by atoms with Crippen molar-refractivity contribution in [2.24, 2.45) is 0 Å². The highest BCUT2D eigenvalue weighted by Gasteiger charge is 2.09. The van der Waals surface area contributed by atoms with Gasteiger partial charge in [0.05, 0.1) is 16.4 Å². The van der Waals surface area contributed by atoms with Crippen LogP contribution in [0.3, 0.4) is 0 Å². The Morgan fingerprint density at radius 3 is 2.67 bits per heavy atom. The van der Waals surface area contributed by atoms with Crippen LogP contribution in [0.25, 0.3) is 0 Å². The summed E-state index contributed by atoms with van der Waals surface area (Å²) >= 11 is 7.64. The van der Waals surface area contributed by atoms with Gasteiger partial charge in [0.1, 0.15) is 0 Å². The molecular weight excluding hydrogens is 367 g/mol. The molecule has 0 spiro atoms. The molecule has 0 bridgehead atoms. The van der Waals surface area contributed by atoms with Crippen molar-refractivity contribution >= 4 is 40.0 Å². The van der Waals surface area contributed by atoms with Gasteiger partial charge in [-0.25, -0.2) is 4.98 Å². The zero-order chi connectivity index (χ0) is 13.1. The lowest BCUT2D eigenvalue weighted by Crippen LogP contribution is -2.26. The number of halogens is 2. The number of carbonyl (C=O) groups is 1. The van der Waals surface area contributed by atoms with Crippen LogP contribution in [0, 0.1) is 3.57 Å². The Labute approximate surface area is 122 Å². The largest absolute Gasteiger partial charge is 0.292 e. The van der Waals surface area contributed by atoms with E-state index in [2.05, 4.69) is 4.98 Å². The lowest BCUT2D eigenvalue weighted by Gasteiger charge is -2.04. The van der Waals surface area contributed by atoms with E-state index in [0.29, 0.717) is 14.2 Å². The van der Waals surface area contributed by atoms with Crippen molar-refractivity contribution < 1.29 is 4.79 Å². The quantitative estimate of drug-likeness (QED) is 0.612. The molecular formula is C12H8ClIN2O2. The SMILES string of the molecule is O=C(Cn1cncc(I)c1=O)c1ccc(Cl)cc1. The Balaban J connectivity index is 2.24. The fourth-order valence-electron chi connectivity index (χ4n) is 1.42. The highest BCUT2D eigenvalue weighted by Crippen LogP contribution is 2.10. The molecule has 1 heterocycles. The van der Waals surface area contributed by atoms with Crippen molar-refractivity contribution in [3.63, 3.8) is 0 Å². The van der Waals surface area contributed by atoms with Gasteiger partial charge >= 0.3 is 0 Å². The third-order valence-electron chi connectivity index (χ3n) is 2.34. The number of aromatic nitrogens is 2. The van der Waals surface area contributed by atoms with E-state index in [1.54, 1.807) is 24.3 Å². The van der Waals surface area contributed by atoms with Gasteiger partial charge in [0, 0.05) is 16.8 Å². The van der Waals surface area contributed by atoms with Crippen LogP contribution in [0.2, 0.25) is 5.02 Å². The maximum atomic E-state index is 12.0. The van der Waals surface area contributed by atoms with E-state index in [9.17, 15) is 9.59 Å². The number of hydrogen-bond donors (Lipinski definition) is 0. The van der Waals surface area contributed by atoms with Crippen LogP contribution < -0.4 is 5.56 Å². The predicted molar refractivity (Wildman–Crippen MR) is 77.0 cm³/mol. The van der Waals surface area contributed by atoms with Gasteiger partial charge in [-0.15, -0.1) is 0 Å². The second-order valence-corrected chi connectivity index (χ2v) is 5.20. The first-order valence-electron chi connectivity index (χ1n) is 5.06. The molecule has 0 N–H and O–H groups in total. The average Bonchev–Trinajstić information content (AvgIpc) is 2.36. The molecule has 0 aliphatic carbocycles. The molecule has 2 aromatic rings. The van der Waals surface area contributed by atoms with Gasteiger partial charge in [-0.3, -0.25) is 14.2 Å². The Morgan fingerprint density at radius 1 is 1.33 bits per heavy atom. The summed E-state index contributed by atoms with van der Waals surface area (Å²) in [5, 5.41) is 0.569. The smallest absolute Gasteiger partial charge is 0.267 e. The number of carbonyl (C=O) groups excluding carboxylic acids is 1. The number of hydrogen-bond acceptors (Lipinski definition) is 3. The normalized spacial score (nSPS) is 10.3. The van der Waals surface area contributed by atoms with E-state index in [1.165, 1.54) is 17.1 Å². The lowest BCUT2D eigenvalue weighted by atomic mass is 10.1. The number of Topliss-reactive ketones (excluding diaryl/α,β-unsaturated/α-hetero) is 1. The number of nitrogens with zero attached hydrogens (tertiary/aromatic N) is 2. The van der Waals surface area contributed by atoms with E-state index in [0.717, 1.165) is 0 Å². The molecule has 0 aliphatic heterocycles. The molecule has 0 unspecified atom stereocenters. The van der Waals surface area contributed by atoms with Gasteiger partial charge in [0.25, 0.3) is 5.56 Å². The molecule has 1 aromatic carbocycles. The van der Waals surface area contributed by atoms with E-state index < -0.39 is 0 Å². The standard InChI is InChI=1S/C12H8ClIN2O2/c13-9-3-1-8(2-4-9)11(17)6-16-7-15-5-10(14)12(16)18/h1-5,7H,6H2. The third kappa shape index (κ3) is 2.97. The minimum Gasteiger partial charge on any atom is -0.292 e. The minimum atomic E-state index is -0.215. The fourth-order valence-corrected chi connectivity index (χ4v) is 2.02. The van der Waals surface area contributed by atoms with Crippen LogP contribution in [-0.4, -0.2) is 15.3 Å². The molecule has 6 heteroatoms. The zero-order valence-corrected chi connectivity index (χ0v) is 12.1. The third-order valence-corrected chi connectivity index (χ3v) is 3.33. The Bertz CT molecular complexity index is 637. The van der Waals surface area contributed by atoms with Gasteiger partial charge in [0.15, 0.2) is 5.78 Å². The number of rotatable bonds is 3. The molecule has 0 amide bonds. The fraction of sp³-hybridized carbons (Fsp3) is 0.0833. The van der Waals surface area contributed by atoms with Crippen molar-refractivity contribution in [2.45, 2.75) is 6.54 Å². The first kappa shape index (κ1) is 13.2. The summed E-state index contributed by atoms with van der Waals surface area (Å²) in [4.78, 5) is 27.6. The van der Waals surface area contributed by atoms with Gasteiger partial charge in [-0.2, -0.15) is 0 Å². The molecule has 18 heavy (non-hydrogen) atoms. The van der Waals surface area contributed by atoms with Crippen molar-refractivity contribution in [1.29, 1.82) is 0 Å². The monoisotopic (exact) mass is 374 g/mol. The van der Waals surface area contributed by atoms with Crippen LogP contribution in [0.4, 0.5) is 0 Å². The van der Waals surface area contributed by atoms with Crippen molar-refractivity contribution in [1.82, 2.24) is 9.55 Å². The highest BCUT2D eigenvalue weighted by molar-refractivity contribution is 14.1. The molecule has 2 rings (SSSR count). The molecule has 0 atom stereocenters. The summed E-state index contributed by atoms with van der Waals surface area (Å²) < 4.78 is 1.78. The Morgan fingerprint density at radius 2 is 2.00 bits per heavy atom. The number of ketones is 1. The Kier molecular flexibility index (Phi) is 4.13. The topological polar surface area (TPSA) is 52.0 Å². The lowest BCUT2D eigenvalue weighted by molar-refractivity contribution is 0.0970. The van der Waals surface area contributed by atoms with E-state index >= 15 is 0 Å². The molecule has 1 aromatic heterocycles. The Hall–Kier alpha value is -1.21. The first-order chi connectivity index (χ1) is 8.58. The van der Waals surface area contributed by atoms with E-state index in [4.69, 9.17) is 11.6 Å². The van der Waals surface area contributed by atoms with Crippen LogP contribution in [0.1, 0.15) is 10.4 Å². The molecule has 0 radical (unpaired) electrons. The minimum absolute atomic E-state index is 0.0235. The van der Waals surface area contributed by atoms with Gasteiger partial charge in [0.2, 0.25) is 0 Å². The summed E-state index contributed by atoms with van der Waals surface area (Å²) in [5.74, 6) is -0.155. The zero-order valence-electron chi connectivity index (χ0n) is 9.14. The summed E-state index contributed by atoms with van der Waals surface area (Å²) in [6.45, 7) is -0.0235. The van der Waals surface area contributed by atoms with Gasteiger partial charge < -0.3 is 0 Å². The highest BCUT2D eigenvalue weighted by atomic mass is 127. The van der Waals surface area contributed by atoms with E-state index in [-0.39, 0.29) is 17.9 Å². The molecule has 0 aliphatic rings. The molecule has 4 nitrogen and oxygen atoms in total. The van der Waals surface area contributed by atoms with Crippen molar-refractivity contribution in [2.75, 3.05) is 0 Å². The first-order valence-corrected chi connectivity index (χ1v) is 6.52. The summed E-state index contributed by atoms with van der Waals surface area (Å²) in [6, 6.07) is 6.56. The van der Waals surface area contributed by atoms with Crippen LogP contribution in [0.5, 0.6) is 0 Å². The second kappa shape index (κ2) is 5.62. The van der Waals surface area contributed by atoms with Crippen molar-refractivity contribution in [3.8, 4) is 0 Å². The molecule has 0 saturated heterocycles. The maximum absolute atomic E-state index is 12.0. The summed E-state index contributed by atoms with van der Waals surface area (Å²) in [6.07, 6.45) is 2.82. The second-order valence-electron chi connectivity index (χ2n) is 3.60. The molecule has 0 saturated carbocycles. The van der Waals surface area contributed by atoms with Gasteiger partial charge in [-0.1, -0.05) is 11.6 Å². The average molecular weight is 375 g/mol.